The Labute approximate surface area is 181 Å². The maximum atomic E-state index is 13.9. The summed E-state index contributed by atoms with van der Waals surface area (Å²) in [5.74, 6) is -0.249. The Bertz CT molecular complexity index is 946. The van der Waals surface area contributed by atoms with E-state index >= 15 is 0 Å². The van der Waals surface area contributed by atoms with Gasteiger partial charge in [-0.05, 0) is 49.8 Å². The molecular weight excluding hydrogens is 425 g/mol. The zero-order valence-electron chi connectivity index (χ0n) is 17.5. The molecule has 0 aromatic heterocycles. The standard InChI is InChI=1S/C21H28FN3O5S/c1-15(17-7-8-18(22)19(13-17)30-14-16-5-6-16)24-31(28,29)12-4-2-3-10-25-11-9-20(26)23-21(25)27/h2-3,7-8,13,15-16,24H,4-6,9-12,14H2,1H3,(H,23,26,27)/b3-2+. The van der Waals surface area contributed by atoms with Crippen LogP contribution in [0.1, 0.15) is 44.2 Å². The molecule has 1 aromatic carbocycles. The van der Waals surface area contributed by atoms with Crippen LogP contribution in [0.4, 0.5) is 9.18 Å². The van der Waals surface area contributed by atoms with Gasteiger partial charge in [0.25, 0.3) is 0 Å². The third kappa shape index (κ3) is 7.32. The van der Waals surface area contributed by atoms with Gasteiger partial charge in [-0.15, -0.1) is 0 Å². The first-order chi connectivity index (χ1) is 14.7. The molecule has 31 heavy (non-hydrogen) atoms. The molecule has 1 saturated carbocycles. The Hall–Kier alpha value is -2.46. The van der Waals surface area contributed by atoms with Crippen molar-refractivity contribution in [3.8, 4) is 5.75 Å². The van der Waals surface area contributed by atoms with Crippen LogP contribution >= 0.6 is 0 Å². The monoisotopic (exact) mass is 453 g/mol. The summed E-state index contributed by atoms with van der Waals surface area (Å²) in [6, 6.07) is 3.39. The number of carbonyl (C=O) groups is 2. The van der Waals surface area contributed by atoms with Gasteiger partial charge < -0.3 is 9.64 Å². The Morgan fingerprint density at radius 1 is 1.32 bits per heavy atom. The van der Waals surface area contributed by atoms with Crippen molar-refractivity contribution in [1.82, 2.24) is 14.9 Å². The van der Waals surface area contributed by atoms with Crippen molar-refractivity contribution < 1.29 is 27.1 Å². The Kier molecular flexibility index (Phi) is 7.66. The van der Waals surface area contributed by atoms with Gasteiger partial charge in [0.15, 0.2) is 11.6 Å². The molecule has 10 heteroatoms. The highest BCUT2D eigenvalue weighted by Gasteiger charge is 2.23. The number of nitrogens with zero attached hydrogens (tertiary/aromatic N) is 1. The van der Waals surface area contributed by atoms with Crippen LogP contribution in [0.3, 0.4) is 0 Å². The van der Waals surface area contributed by atoms with Gasteiger partial charge in [0.05, 0.1) is 12.4 Å². The third-order valence-corrected chi connectivity index (χ3v) is 6.66. The zero-order chi connectivity index (χ0) is 22.4. The lowest BCUT2D eigenvalue weighted by Gasteiger charge is -2.25. The molecule has 2 N–H and O–H groups in total. The lowest BCUT2D eigenvalue weighted by Crippen LogP contribution is -2.49. The number of nitrogens with one attached hydrogen (secondary N) is 2. The second kappa shape index (κ2) is 10.2. The average Bonchev–Trinajstić information content (AvgIpc) is 3.52. The van der Waals surface area contributed by atoms with Crippen molar-refractivity contribution in [3.05, 3.63) is 41.7 Å². The number of halogens is 1. The first-order valence-electron chi connectivity index (χ1n) is 10.4. The fourth-order valence-electron chi connectivity index (χ4n) is 3.10. The fraction of sp³-hybridized carbons (Fsp3) is 0.524. The molecule has 8 nitrogen and oxygen atoms in total. The van der Waals surface area contributed by atoms with E-state index in [0.717, 1.165) is 12.8 Å². The van der Waals surface area contributed by atoms with E-state index in [-0.39, 0.29) is 30.3 Å². The van der Waals surface area contributed by atoms with Gasteiger partial charge in [0.2, 0.25) is 15.9 Å². The summed E-state index contributed by atoms with van der Waals surface area (Å²) < 4.78 is 46.8. The number of carbonyl (C=O) groups excluding carboxylic acids is 2. The molecule has 0 bridgehead atoms. The fourth-order valence-corrected chi connectivity index (χ4v) is 4.34. The summed E-state index contributed by atoms with van der Waals surface area (Å²) in [6.07, 6.45) is 6.11. The lowest BCUT2D eigenvalue weighted by molar-refractivity contribution is -0.121. The maximum absolute atomic E-state index is 13.9. The minimum atomic E-state index is -3.56. The normalized spacial score (nSPS) is 18.3. The number of rotatable bonds is 11. The lowest BCUT2D eigenvalue weighted by atomic mass is 10.1. The molecule has 3 rings (SSSR count). The van der Waals surface area contributed by atoms with Gasteiger partial charge >= 0.3 is 6.03 Å². The van der Waals surface area contributed by atoms with Gasteiger partial charge in [0.1, 0.15) is 0 Å². The summed E-state index contributed by atoms with van der Waals surface area (Å²) >= 11 is 0. The van der Waals surface area contributed by atoms with Crippen molar-refractivity contribution >= 4 is 22.0 Å². The third-order valence-electron chi connectivity index (χ3n) is 5.17. The number of allylic oxidation sites excluding steroid dienone is 1. The van der Waals surface area contributed by atoms with E-state index in [1.54, 1.807) is 31.2 Å². The summed E-state index contributed by atoms with van der Waals surface area (Å²) in [4.78, 5) is 24.2. The van der Waals surface area contributed by atoms with E-state index in [1.807, 2.05) is 0 Å². The first kappa shape index (κ1) is 23.2. The number of benzene rings is 1. The van der Waals surface area contributed by atoms with E-state index in [0.29, 0.717) is 31.2 Å². The number of urea groups is 1. The molecule has 1 atom stereocenters. The van der Waals surface area contributed by atoms with Gasteiger partial charge in [-0.2, -0.15) is 0 Å². The number of hydrogen-bond acceptors (Lipinski definition) is 5. The highest BCUT2D eigenvalue weighted by molar-refractivity contribution is 7.89. The topological polar surface area (TPSA) is 105 Å². The van der Waals surface area contributed by atoms with Crippen LogP contribution in [0.5, 0.6) is 5.75 Å². The van der Waals surface area contributed by atoms with Crippen molar-refractivity contribution in [1.29, 1.82) is 0 Å². The van der Waals surface area contributed by atoms with Crippen molar-refractivity contribution in [2.45, 2.75) is 38.6 Å². The summed E-state index contributed by atoms with van der Waals surface area (Å²) in [5.41, 5.74) is 0.622. The van der Waals surface area contributed by atoms with Crippen molar-refractivity contribution in [2.75, 3.05) is 25.4 Å². The number of ether oxygens (including phenoxy) is 1. The molecule has 3 amide bonds. The van der Waals surface area contributed by atoms with E-state index in [4.69, 9.17) is 4.74 Å². The smallest absolute Gasteiger partial charge is 0.324 e. The molecule has 2 fully saturated rings. The number of amides is 3. The molecule has 1 heterocycles. The van der Waals surface area contributed by atoms with Crippen molar-refractivity contribution in [2.24, 2.45) is 5.92 Å². The molecule has 1 aliphatic heterocycles. The van der Waals surface area contributed by atoms with Gasteiger partial charge in [-0.3, -0.25) is 10.1 Å². The van der Waals surface area contributed by atoms with Crippen LogP contribution in [-0.2, 0) is 14.8 Å². The minimum Gasteiger partial charge on any atom is -0.490 e. The number of sulfonamides is 1. The van der Waals surface area contributed by atoms with E-state index in [2.05, 4.69) is 10.0 Å². The molecule has 170 valence electrons. The maximum Gasteiger partial charge on any atom is 0.324 e. The molecule has 0 spiro atoms. The summed E-state index contributed by atoms with van der Waals surface area (Å²) in [7, 11) is -3.56. The predicted molar refractivity (Wildman–Crippen MR) is 113 cm³/mol. The van der Waals surface area contributed by atoms with Crippen LogP contribution in [0.15, 0.2) is 30.4 Å². The van der Waals surface area contributed by atoms with Crippen molar-refractivity contribution in [3.63, 3.8) is 0 Å². The second-order valence-corrected chi connectivity index (χ2v) is 9.79. The SMILES string of the molecule is CC(NS(=O)(=O)CC/C=C/CN1CCC(=O)NC1=O)c1ccc(F)c(OCC2CC2)c1. The van der Waals surface area contributed by atoms with E-state index < -0.39 is 27.9 Å². The number of imide groups is 1. The summed E-state index contributed by atoms with van der Waals surface area (Å²) in [6.45, 7) is 2.82. The average molecular weight is 454 g/mol. The Morgan fingerprint density at radius 2 is 2.10 bits per heavy atom. The zero-order valence-corrected chi connectivity index (χ0v) is 18.3. The van der Waals surface area contributed by atoms with E-state index in [9.17, 15) is 22.4 Å². The Balaban J connectivity index is 1.45. The van der Waals surface area contributed by atoms with Gasteiger partial charge in [-0.25, -0.2) is 22.3 Å². The van der Waals surface area contributed by atoms with Crippen LogP contribution in [-0.4, -0.2) is 50.7 Å². The Morgan fingerprint density at radius 3 is 2.81 bits per heavy atom. The number of hydrogen-bond donors (Lipinski definition) is 2. The quantitative estimate of drug-likeness (QED) is 0.501. The van der Waals surface area contributed by atoms with E-state index in [1.165, 1.54) is 11.0 Å². The van der Waals surface area contributed by atoms with Crippen LogP contribution in [0, 0.1) is 11.7 Å². The molecule has 0 radical (unpaired) electrons. The highest BCUT2D eigenvalue weighted by atomic mass is 32.2. The van der Waals surface area contributed by atoms with Gasteiger partial charge in [-0.1, -0.05) is 18.2 Å². The molecule has 1 unspecified atom stereocenters. The minimum absolute atomic E-state index is 0.120. The molecule has 1 saturated heterocycles. The molecule has 1 aliphatic carbocycles. The predicted octanol–water partition coefficient (Wildman–Crippen LogP) is 2.48. The molecule has 2 aliphatic rings. The van der Waals surface area contributed by atoms with Crippen LogP contribution in [0.25, 0.3) is 0 Å². The highest BCUT2D eigenvalue weighted by Crippen LogP contribution is 2.31. The van der Waals surface area contributed by atoms with Crippen LogP contribution < -0.4 is 14.8 Å². The largest absolute Gasteiger partial charge is 0.490 e. The van der Waals surface area contributed by atoms with Crippen LogP contribution in [0.2, 0.25) is 0 Å². The molecular formula is C21H28FN3O5S. The van der Waals surface area contributed by atoms with Gasteiger partial charge in [0, 0.05) is 25.6 Å². The second-order valence-electron chi connectivity index (χ2n) is 7.91. The summed E-state index contributed by atoms with van der Waals surface area (Å²) in [5, 5.41) is 2.23. The first-order valence-corrected chi connectivity index (χ1v) is 12.0. The molecule has 1 aromatic rings.